The Morgan fingerprint density at radius 1 is 1.15 bits per heavy atom. The number of ether oxygens (including phenoxy) is 2. The lowest BCUT2D eigenvalue weighted by molar-refractivity contribution is -0.123. The molecule has 0 unspecified atom stereocenters. The van der Waals surface area contributed by atoms with Crippen molar-refractivity contribution in [1.29, 1.82) is 0 Å². The zero-order valence-corrected chi connectivity index (χ0v) is 21.0. The van der Waals surface area contributed by atoms with Crippen LogP contribution in [0, 0.1) is 5.92 Å². The predicted octanol–water partition coefficient (Wildman–Crippen LogP) is 4.82. The van der Waals surface area contributed by atoms with Gasteiger partial charge in [-0.05, 0) is 44.4 Å². The number of anilines is 1. The number of aryl methyl sites for hydroxylation is 1. The van der Waals surface area contributed by atoms with Gasteiger partial charge in [0.15, 0.2) is 5.82 Å². The average molecular weight is 470 g/mol. The van der Waals surface area contributed by atoms with E-state index in [0.29, 0.717) is 25.6 Å². The van der Waals surface area contributed by atoms with E-state index in [1.54, 1.807) is 0 Å². The Bertz CT molecular complexity index is 1090. The Hall–Kier alpha value is -2.87. The molecular formula is C26H39N5O3. The second-order valence-electron chi connectivity index (χ2n) is 8.90. The highest BCUT2D eigenvalue weighted by Gasteiger charge is 2.17. The van der Waals surface area contributed by atoms with Gasteiger partial charge in [0.05, 0.1) is 17.6 Å². The number of nitrogens with two attached hydrogens (primary N) is 1. The molecule has 0 aliphatic rings. The minimum atomic E-state index is 0.0418. The van der Waals surface area contributed by atoms with Crippen molar-refractivity contribution in [2.24, 2.45) is 5.92 Å². The topological polar surface area (TPSA) is 104 Å². The number of nitrogen functional groups attached to an aromatic ring is 1. The highest BCUT2D eigenvalue weighted by atomic mass is 16.5. The van der Waals surface area contributed by atoms with Crippen LogP contribution in [-0.2, 0) is 22.7 Å². The van der Waals surface area contributed by atoms with Gasteiger partial charge in [0, 0.05) is 31.0 Å². The Balaban J connectivity index is 1.66. The lowest BCUT2D eigenvalue weighted by Gasteiger charge is -2.11. The monoisotopic (exact) mass is 469 g/mol. The Morgan fingerprint density at radius 2 is 1.94 bits per heavy atom. The molecule has 0 fully saturated rings. The number of aromatic nitrogens is 3. The number of pyridine rings is 1. The van der Waals surface area contributed by atoms with Gasteiger partial charge in [0.2, 0.25) is 5.91 Å². The van der Waals surface area contributed by atoms with Gasteiger partial charge in [-0.25, -0.2) is 9.97 Å². The summed E-state index contributed by atoms with van der Waals surface area (Å²) in [4.78, 5) is 20.9. The van der Waals surface area contributed by atoms with Gasteiger partial charge < -0.3 is 25.1 Å². The third kappa shape index (κ3) is 6.38. The zero-order chi connectivity index (χ0) is 24.5. The van der Waals surface area contributed by atoms with Crippen molar-refractivity contribution >= 4 is 33.7 Å². The van der Waals surface area contributed by atoms with Crippen LogP contribution in [0.3, 0.4) is 0 Å². The molecule has 3 rings (SSSR count). The first-order valence-electron chi connectivity index (χ1n) is 12.5. The first-order chi connectivity index (χ1) is 16.5. The molecule has 34 heavy (non-hydrogen) atoms. The highest BCUT2D eigenvalue weighted by Crippen LogP contribution is 2.31. The maximum Gasteiger partial charge on any atom is 0.222 e. The molecule has 0 bridgehead atoms. The molecule has 3 N–H and O–H groups in total. The van der Waals surface area contributed by atoms with Gasteiger partial charge in [-0.1, -0.05) is 33.6 Å². The molecule has 1 amide bonds. The fourth-order valence-electron chi connectivity index (χ4n) is 3.98. The maximum absolute atomic E-state index is 11.6. The summed E-state index contributed by atoms with van der Waals surface area (Å²) in [7, 11) is 0. The predicted molar refractivity (Wildman–Crippen MR) is 137 cm³/mol. The molecule has 2 heterocycles. The van der Waals surface area contributed by atoms with Crippen molar-refractivity contribution < 1.29 is 14.3 Å². The number of carbonyl (C=O) groups is 1. The largest absolute Gasteiger partial charge is 0.494 e. The number of amides is 1. The van der Waals surface area contributed by atoms with E-state index < -0.39 is 0 Å². The molecular weight excluding hydrogens is 430 g/mol. The minimum absolute atomic E-state index is 0.0418. The highest BCUT2D eigenvalue weighted by molar-refractivity contribution is 6.07. The molecule has 0 saturated carbocycles. The van der Waals surface area contributed by atoms with E-state index in [1.165, 1.54) is 0 Å². The lowest BCUT2D eigenvalue weighted by atomic mass is 10.1. The number of hydrogen-bond donors (Lipinski definition) is 2. The maximum atomic E-state index is 11.6. The molecule has 0 saturated heterocycles. The van der Waals surface area contributed by atoms with Gasteiger partial charge >= 0.3 is 0 Å². The third-order valence-electron chi connectivity index (χ3n) is 5.80. The van der Waals surface area contributed by atoms with Gasteiger partial charge in [-0.3, -0.25) is 4.79 Å². The van der Waals surface area contributed by atoms with Crippen LogP contribution in [0.4, 0.5) is 5.82 Å². The molecule has 3 aromatic rings. The molecule has 186 valence electrons. The van der Waals surface area contributed by atoms with Crippen LogP contribution in [-0.4, -0.2) is 40.2 Å². The molecule has 8 heteroatoms. The second kappa shape index (κ2) is 12.6. The quantitative estimate of drug-likeness (QED) is 0.328. The molecule has 1 aromatic carbocycles. The normalized spacial score (nSPS) is 11.6. The SMILES string of the molecule is CCCn1c(COCC)nc2c(N)nc3ccc(OCCCCCCNC(=O)C(C)C)cc3c21. The van der Waals surface area contributed by atoms with E-state index in [4.69, 9.17) is 20.2 Å². The Morgan fingerprint density at radius 3 is 2.68 bits per heavy atom. The standard InChI is InChI=1S/C26H39N5O3/c1-5-14-31-22(17-33-6-2)30-23-24(31)20-16-19(11-12-21(20)29-25(23)27)34-15-10-8-7-9-13-28-26(32)18(3)4/h11-12,16,18H,5-10,13-15,17H2,1-4H3,(H2,27,29)(H,28,32). The van der Waals surface area contributed by atoms with Crippen LogP contribution < -0.4 is 15.8 Å². The summed E-state index contributed by atoms with van der Waals surface area (Å²) < 4.78 is 13.9. The van der Waals surface area contributed by atoms with Crippen molar-refractivity contribution in [3.8, 4) is 5.75 Å². The van der Waals surface area contributed by atoms with Crippen LogP contribution in [0.15, 0.2) is 18.2 Å². The van der Waals surface area contributed by atoms with Gasteiger partial charge in [0.1, 0.15) is 23.7 Å². The van der Waals surface area contributed by atoms with Crippen LogP contribution in [0.5, 0.6) is 5.75 Å². The van der Waals surface area contributed by atoms with E-state index >= 15 is 0 Å². The Labute approximate surface area is 202 Å². The van der Waals surface area contributed by atoms with E-state index in [-0.39, 0.29) is 11.8 Å². The van der Waals surface area contributed by atoms with Crippen LogP contribution in [0.25, 0.3) is 21.9 Å². The number of nitrogens with zero attached hydrogens (tertiary/aromatic N) is 3. The number of carbonyl (C=O) groups excluding carboxylic acids is 1. The van der Waals surface area contributed by atoms with Crippen LogP contribution in [0.1, 0.15) is 65.6 Å². The van der Waals surface area contributed by atoms with Crippen LogP contribution >= 0.6 is 0 Å². The number of nitrogens with one attached hydrogen (secondary N) is 1. The number of unbranched alkanes of at least 4 members (excludes halogenated alkanes) is 3. The van der Waals surface area contributed by atoms with Crippen molar-refractivity contribution in [2.45, 2.75) is 73.0 Å². The lowest BCUT2D eigenvalue weighted by Crippen LogP contribution is -2.28. The van der Waals surface area contributed by atoms with Crippen LogP contribution in [0.2, 0.25) is 0 Å². The van der Waals surface area contributed by atoms with Gasteiger partial charge in [-0.2, -0.15) is 0 Å². The molecule has 0 radical (unpaired) electrons. The third-order valence-corrected chi connectivity index (χ3v) is 5.80. The number of benzene rings is 1. The molecule has 0 aliphatic heterocycles. The van der Waals surface area contributed by atoms with Gasteiger partial charge in [0.25, 0.3) is 0 Å². The summed E-state index contributed by atoms with van der Waals surface area (Å²) in [6.07, 6.45) is 5.08. The molecule has 2 aromatic heterocycles. The van der Waals surface area contributed by atoms with E-state index in [2.05, 4.69) is 21.8 Å². The molecule has 0 atom stereocenters. The number of hydrogen-bond acceptors (Lipinski definition) is 6. The fraction of sp³-hybridized carbons (Fsp3) is 0.577. The Kier molecular flexibility index (Phi) is 9.51. The smallest absolute Gasteiger partial charge is 0.222 e. The summed E-state index contributed by atoms with van der Waals surface area (Å²) in [5.74, 6) is 2.29. The second-order valence-corrected chi connectivity index (χ2v) is 8.90. The summed E-state index contributed by atoms with van der Waals surface area (Å²) in [6, 6.07) is 5.96. The van der Waals surface area contributed by atoms with Crippen molar-refractivity contribution in [3.05, 3.63) is 24.0 Å². The fourth-order valence-corrected chi connectivity index (χ4v) is 3.98. The first kappa shape index (κ1) is 25.7. The number of fused-ring (bicyclic) bond motifs is 3. The molecule has 0 spiro atoms. The van der Waals surface area contributed by atoms with Crippen molar-refractivity contribution in [1.82, 2.24) is 19.9 Å². The zero-order valence-electron chi connectivity index (χ0n) is 21.0. The summed E-state index contributed by atoms with van der Waals surface area (Å²) in [5, 5.41) is 3.95. The van der Waals surface area contributed by atoms with Crippen molar-refractivity contribution in [2.75, 3.05) is 25.5 Å². The van der Waals surface area contributed by atoms with Crippen molar-refractivity contribution in [3.63, 3.8) is 0 Å². The first-order valence-corrected chi connectivity index (χ1v) is 12.5. The molecule has 0 aliphatic carbocycles. The van der Waals surface area contributed by atoms with E-state index in [9.17, 15) is 4.79 Å². The average Bonchev–Trinajstić information content (AvgIpc) is 3.18. The summed E-state index contributed by atoms with van der Waals surface area (Å²) in [6.45, 7) is 11.3. The number of imidazole rings is 1. The minimum Gasteiger partial charge on any atom is -0.494 e. The number of rotatable bonds is 14. The van der Waals surface area contributed by atoms with Gasteiger partial charge in [-0.15, -0.1) is 0 Å². The summed E-state index contributed by atoms with van der Waals surface area (Å²) >= 11 is 0. The molecule has 8 nitrogen and oxygen atoms in total. The summed E-state index contributed by atoms with van der Waals surface area (Å²) in [5.41, 5.74) is 8.81. The van der Waals surface area contributed by atoms with E-state index in [1.807, 2.05) is 39.0 Å². The van der Waals surface area contributed by atoms with E-state index in [0.717, 1.165) is 78.7 Å².